The maximum Gasteiger partial charge on any atom is 0.327 e. The lowest BCUT2D eigenvalue weighted by molar-refractivity contribution is 0.0131. The Morgan fingerprint density at radius 2 is 2.06 bits per heavy atom. The van der Waals surface area contributed by atoms with Crippen LogP contribution in [0.4, 0.5) is 14.9 Å². The van der Waals surface area contributed by atoms with Crippen LogP contribution in [0.2, 0.25) is 5.02 Å². The molecule has 258 valence electrons. The van der Waals surface area contributed by atoms with Gasteiger partial charge >= 0.3 is 6.03 Å². The molecule has 5 aliphatic rings. The molecule has 2 N–H and O–H groups in total. The van der Waals surface area contributed by atoms with E-state index in [1.54, 1.807) is 25.3 Å². The van der Waals surface area contributed by atoms with E-state index in [4.69, 9.17) is 21.1 Å². The Balaban J connectivity index is 1.28. The molecular formula is C36H44ClFN4O5S. The van der Waals surface area contributed by atoms with Crippen LogP contribution in [-0.4, -0.2) is 67.0 Å². The molecule has 1 spiro atoms. The van der Waals surface area contributed by atoms with Crippen molar-refractivity contribution < 1.29 is 27.7 Å². The average Bonchev–Trinajstić information content (AvgIpc) is 3.75. The van der Waals surface area contributed by atoms with Gasteiger partial charge in [0.15, 0.2) is 0 Å². The number of carbonyl (C=O) groups is 2. The van der Waals surface area contributed by atoms with Crippen molar-refractivity contribution in [2.24, 2.45) is 22.1 Å². The van der Waals surface area contributed by atoms with Gasteiger partial charge in [-0.05, 0) is 97.7 Å². The zero-order valence-corrected chi connectivity index (χ0v) is 29.0. The van der Waals surface area contributed by atoms with E-state index in [1.807, 2.05) is 19.1 Å². The predicted molar refractivity (Wildman–Crippen MR) is 185 cm³/mol. The number of urea groups is 1. The Kier molecular flexibility index (Phi) is 9.23. The molecule has 2 aromatic rings. The van der Waals surface area contributed by atoms with E-state index in [0.29, 0.717) is 37.2 Å². The van der Waals surface area contributed by atoms with Gasteiger partial charge in [0.1, 0.15) is 21.8 Å². The zero-order valence-electron chi connectivity index (χ0n) is 27.5. The minimum atomic E-state index is -3.56. The summed E-state index contributed by atoms with van der Waals surface area (Å²) in [6, 6.07) is 10.0. The van der Waals surface area contributed by atoms with Crippen molar-refractivity contribution in [3.8, 4) is 5.75 Å². The van der Waals surface area contributed by atoms with Crippen LogP contribution >= 0.6 is 11.6 Å². The molecule has 48 heavy (non-hydrogen) atoms. The minimum Gasteiger partial charge on any atom is -0.490 e. The summed E-state index contributed by atoms with van der Waals surface area (Å²) in [4.78, 5) is 28.9. The first kappa shape index (κ1) is 33.4. The van der Waals surface area contributed by atoms with E-state index in [1.165, 1.54) is 11.1 Å². The number of carbonyl (C=O) groups excluding carboxylic acids is 2. The van der Waals surface area contributed by atoms with Crippen LogP contribution in [0, 0.1) is 17.8 Å². The molecule has 8 atom stereocenters. The molecule has 2 saturated carbocycles. The van der Waals surface area contributed by atoms with E-state index in [2.05, 4.69) is 37.5 Å². The van der Waals surface area contributed by atoms with Crippen LogP contribution in [0.25, 0.3) is 0 Å². The molecule has 2 bridgehead atoms. The number of allylic oxidation sites excluding steroid dienone is 1. The monoisotopic (exact) mass is 698 g/mol. The maximum atomic E-state index is 14.2. The molecule has 2 aromatic carbocycles. The Bertz CT molecular complexity index is 1750. The zero-order chi connectivity index (χ0) is 33.6. The van der Waals surface area contributed by atoms with Gasteiger partial charge in [-0.25, -0.2) is 13.4 Å². The number of halogens is 2. The van der Waals surface area contributed by atoms with Gasteiger partial charge in [0.2, 0.25) is 0 Å². The van der Waals surface area contributed by atoms with Crippen molar-refractivity contribution in [2.75, 3.05) is 37.5 Å². The number of rotatable bonds is 3. The number of anilines is 1. The normalized spacial score (nSPS) is 35.1. The Morgan fingerprint density at radius 3 is 2.81 bits per heavy atom. The SMILES string of the molecule is CO[C@H]1/C=C\C[C@H](C)CS(=O)(NC(=O)N[C@@H]2C[C@@H]2F)=NC(=O)c2ccc3c(c2)N(C[C@@H]2CC[C@H]21)C[C@@]1(CCCc2cc(Cl)ccc21)CO3. The third kappa shape index (κ3) is 6.83. The molecule has 9 nitrogen and oxygen atoms in total. The molecule has 0 saturated heterocycles. The van der Waals surface area contributed by atoms with Gasteiger partial charge in [-0.15, -0.1) is 4.36 Å². The smallest absolute Gasteiger partial charge is 0.327 e. The third-order valence-corrected chi connectivity index (χ3v) is 13.0. The molecule has 1 unspecified atom stereocenters. The molecular weight excluding hydrogens is 655 g/mol. The fraction of sp³-hybridized carbons (Fsp3) is 0.556. The fourth-order valence-electron chi connectivity index (χ4n) is 8.02. The highest BCUT2D eigenvalue weighted by Crippen LogP contribution is 2.47. The Morgan fingerprint density at radius 1 is 1.23 bits per heavy atom. The summed E-state index contributed by atoms with van der Waals surface area (Å²) in [5, 5.41) is 3.23. The summed E-state index contributed by atoms with van der Waals surface area (Å²) in [6.07, 6.45) is 8.79. The first-order chi connectivity index (χ1) is 23.0. The number of fused-ring (bicyclic) bond motifs is 4. The van der Waals surface area contributed by atoms with E-state index in [9.17, 15) is 18.2 Å². The third-order valence-electron chi connectivity index (χ3n) is 10.8. The quantitative estimate of drug-likeness (QED) is 0.360. The fourth-order valence-corrected chi connectivity index (χ4v) is 10.1. The first-order valence-corrected chi connectivity index (χ1v) is 19.1. The first-order valence-electron chi connectivity index (χ1n) is 17.1. The number of ether oxygens (including phenoxy) is 2. The second-order valence-corrected chi connectivity index (χ2v) is 16.8. The number of methoxy groups -OCH3 is 1. The molecule has 7 rings (SSSR count). The molecule has 3 aliphatic carbocycles. The molecule has 2 fully saturated rings. The molecule has 12 heteroatoms. The van der Waals surface area contributed by atoms with E-state index >= 15 is 0 Å². The summed E-state index contributed by atoms with van der Waals surface area (Å²) >= 11 is 6.43. The van der Waals surface area contributed by atoms with Crippen LogP contribution in [0.5, 0.6) is 5.75 Å². The maximum absolute atomic E-state index is 14.2. The summed E-state index contributed by atoms with van der Waals surface area (Å²) in [5.74, 6) is 0.472. The van der Waals surface area contributed by atoms with Crippen molar-refractivity contribution in [2.45, 2.75) is 75.6 Å². The number of nitrogens with one attached hydrogen (secondary N) is 2. The molecule has 2 heterocycles. The van der Waals surface area contributed by atoms with Gasteiger partial charge in [0.25, 0.3) is 5.91 Å². The highest BCUT2D eigenvalue weighted by Gasteiger charge is 2.44. The molecule has 0 aromatic heterocycles. The summed E-state index contributed by atoms with van der Waals surface area (Å²) in [5.41, 5.74) is 3.30. The van der Waals surface area contributed by atoms with Crippen molar-refractivity contribution in [1.29, 1.82) is 0 Å². The van der Waals surface area contributed by atoms with Gasteiger partial charge in [0, 0.05) is 42.6 Å². The lowest BCUT2D eigenvalue weighted by Gasteiger charge is -2.46. The van der Waals surface area contributed by atoms with Gasteiger partial charge in [-0.3, -0.25) is 9.52 Å². The number of amides is 3. The topological polar surface area (TPSA) is 109 Å². The molecule has 2 aliphatic heterocycles. The highest BCUT2D eigenvalue weighted by atomic mass is 35.5. The van der Waals surface area contributed by atoms with Gasteiger partial charge in [0.05, 0.1) is 30.2 Å². The number of aryl methyl sites for hydroxylation is 1. The molecule has 0 radical (unpaired) electrons. The predicted octanol–water partition coefficient (Wildman–Crippen LogP) is 6.38. The Labute approximate surface area is 287 Å². The van der Waals surface area contributed by atoms with Crippen LogP contribution < -0.4 is 19.7 Å². The van der Waals surface area contributed by atoms with Crippen LogP contribution in [0.1, 0.15) is 66.9 Å². The number of nitrogens with zero attached hydrogens (tertiary/aromatic N) is 2. The van der Waals surface area contributed by atoms with Gasteiger partial charge in [-0.1, -0.05) is 36.7 Å². The number of benzene rings is 2. The van der Waals surface area contributed by atoms with Gasteiger partial charge in [-0.2, -0.15) is 0 Å². The second kappa shape index (κ2) is 13.3. The lowest BCUT2D eigenvalue weighted by Crippen LogP contribution is -2.49. The number of hydrogen-bond donors (Lipinski definition) is 2. The van der Waals surface area contributed by atoms with E-state index in [-0.39, 0.29) is 35.2 Å². The largest absolute Gasteiger partial charge is 0.490 e. The number of alkyl halides is 1. The summed E-state index contributed by atoms with van der Waals surface area (Å²) in [7, 11) is -1.81. The Hall–Kier alpha value is -3.15. The summed E-state index contributed by atoms with van der Waals surface area (Å²) in [6.45, 7) is 3.86. The molecule has 3 amide bonds. The van der Waals surface area contributed by atoms with E-state index < -0.39 is 34.1 Å². The summed E-state index contributed by atoms with van der Waals surface area (Å²) < 4.78 is 46.9. The van der Waals surface area contributed by atoms with Crippen molar-refractivity contribution in [3.05, 3.63) is 70.3 Å². The minimum absolute atomic E-state index is 0.0456. The van der Waals surface area contributed by atoms with Crippen LogP contribution in [0.3, 0.4) is 0 Å². The highest BCUT2D eigenvalue weighted by molar-refractivity contribution is 7.92. The van der Waals surface area contributed by atoms with Crippen LogP contribution in [-0.2, 0) is 26.5 Å². The number of hydrogen-bond acceptors (Lipinski definition) is 6. The van der Waals surface area contributed by atoms with Crippen molar-refractivity contribution in [1.82, 2.24) is 10.0 Å². The van der Waals surface area contributed by atoms with Crippen molar-refractivity contribution >= 4 is 39.1 Å². The standard InChI is InChI=1S/C36H44ClFN4O5S/c1-22-5-3-7-32(46-2)27-11-8-25(27)18-42-20-36(14-4-6-23-15-26(37)10-12-28(23)36)21-47-33-13-9-24(16-31(33)42)34(43)40-48(45,19-22)41-35(44)39-30-17-29(30)38/h3,7,9-10,12-13,15-16,22,25,27,29-30,32H,4-6,8,11,14,17-21H2,1-2H3,(H2,39,40,41,43,44,45)/b7-3-/t22-,25-,27+,29-,30+,32-,36-,48?/m0/s1. The van der Waals surface area contributed by atoms with E-state index in [0.717, 1.165) is 49.4 Å². The second-order valence-electron chi connectivity index (χ2n) is 14.4. The lowest BCUT2D eigenvalue weighted by atomic mass is 9.68. The average molecular weight is 699 g/mol. The van der Waals surface area contributed by atoms with Gasteiger partial charge < -0.3 is 19.7 Å². The van der Waals surface area contributed by atoms with Crippen LogP contribution in [0.15, 0.2) is 52.9 Å². The van der Waals surface area contributed by atoms with Crippen molar-refractivity contribution in [3.63, 3.8) is 0 Å².